The number of aromatic nitrogens is 3. The Hall–Kier alpha value is -2.42. The molecule has 3 heteroatoms. The summed E-state index contributed by atoms with van der Waals surface area (Å²) in [4.78, 5) is 0. The van der Waals surface area contributed by atoms with Crippen LogP contribution in [0, 0.1) is 13.8 Å². The lowest BCUT2D eigenvalue weighted by Gasteiger charge is -2.19. The third-order valence-electron chi connectivity index (χ3n) is 4.93. The summed E-state index contributed by atoms with van der Waals surface area (Å²) in [5, 5.41) is 4.49. The maximum atomic E-state index is 8.18. The smallest absolute Gasteiger partial charge is 0.193 e. The number of aryl methyl sites for hydroxylation is 3. The van der Waals surface area contributed by atoms with E-state index in [9.17, 15) is 0 Å². The van der Waals surface area contributed by atoms with Gasteiger partial charge in [-0.25, -0.2) is 0 Å². The zero-order valence-corrected chi connectivity index (χ0v) is 16.5. The molecule has 0 amide bonds. The highest BCUT2D eigenvalue weighted by molar-refractivity contribution is 5.59. The predicted molar refractivity (Wildman–Crippen MR) is 108 cm³/mol. The molecule has 0 aliphatic heterocycles. The molecule has 0 bridgehead atoms. The third kappa shape index (κ3) is 3.07. The number of benzene rings is 2. The van der Waals surface area contributed by atoms with Gasteiger partial charge >= 0.3 is 0 Å². The number of nitrogens with zero attached hydrogens (tertiary/aromatic N) is 3. The van der Waals surface area contributed by atoms with Crippen LogP contribution >= 0.6 is 0 Å². The van der Waals surface area contributed by atoms with Gasteiger partial charge in [0.05, 0.1) is 12.6 Å². The molecule has 3 aromatic rings. The molecule has 0 radical (unpaired) electrons. The van der Waals surface area contributed by atoms with E-state index in [-0.39, 0.29) is 17.7 Å². The molecule has 3 nitrogen and oxygen atoms in total. The molecular weight excluding hydrogens is 318 g/mol. The SMILES string of the molecule is [2H]C([2H])([2H])c1nn(C)c(-c2ccccc2C)[n+]1-c1c(C(C)C)cccc1C(C)C. The minimum Gasteiger partial charge on any atom is -0.193 e. The Labute approximate surface area is 161 Å². The first-order valence-electron chi connectivity index (χ1n) is 10.7. The summed E-state index contributed by atoms with van der Waals surface area (Å²) in [5.41, 5.74) is 5.24. The van der Waals surface area contributed by atoms with Crippen molar-refractivity contribution in [2.45, 2.75) is 53.3 Å². The summed E-state index contributed by atoms with van der Waals surface area (Å²) in [5.74, 6) is 1.36. The van der Waals surface area contributed by atoms with Crippen LogP contribution < -0.4 is 4.57 Å². The minimum absolute atomic E-state index is 0.0910. The summed E-state index contributed by atoms with van der Waals surface area (Å²) in [7, 11) is 1.82. The molecule has 0 fully saturated rings. The lowest BCUT2D eigenvalue weighted by molar-refractivity contribution is -0.592. The van der Waals surface area contributed by atoms with Gasteiger partial charge in [-0.05, 0) is 41.5 Å². The first kappa shape index (κ1) is 14.7. The first-order chi connectivity index (χ1) is 13.5. The van der Waals surface area contributed by atoms with Gasteiger partial charge in [0.1, 0.15) is 5.69 Å². The maximum absolute atomic E-state index is 8.18. The van der Waals surface area contributed by atoms with E-state index < -0.39 is 6.85 Å². The number of rotatable bonds is 4. The Bertz CT molecular complexity index is 1000. The molecule has 0 saturated heterocycles. The Morgan fingerprint density at radius 3 is 2.12 bits per heavy atom. The summed E-state index contributed by atoms with van der Waals surface area (Å²) in [6.45, 7) is 8.27. The second kappa shape index (κ2) is 7.06. The van der Waals surface area contributed by atoms with Crippen LogP contribution in [0.25, 0.3) is 17.1 Å². The van der Waals surface area contributed by atoms with Crippen molar-refractivity contribution in [2.24, 2.45) is 7.05 Å². The van der Waals surface area contributed by atoms with E-state index in [1.54, 1.807) is 4.68 Å². The van der Waals surface area contributed by atoms with Gasteiger partial charge in [-0.3, -0.25) is 0 Å². The van der Waals surface area contributed by atoms with Crippen molar-refractivity contribution in [3.05, 3.63) is 65.0 Å². The van der Waals surface area contributed by atoms with Crippen molar-refractivity contribution < 1.29 is 8.68 Å². The quantitative estimate of drug-likeness (QED) is 0.590. The summed E-state index contributed by atoms with van der Waals surface area (Å²) in [6.07, 6.45) is 0. The van der Waals surface area contributed by atoms with E-state index in [4.69, 9.17) is 4.11 Å². The highest BCUT2D eigenvalue weighted by Crippen LogP contribution is 2.30. The van der Waals surface area contributed by atoms with Crippen molar-refractivity contribution in [2.75, 3.05) is 0 Å². The average molecular weight is 352 g/mol. The molecule has 0 atom stereocenters. The molecule has 26 heavy (non-hydrogen) atoms. The molecule has 0 saturated carbocycles. The fourth-order valence-electron chi connectivity index (χ4n) is 3.58. The van der Waals surface area contributed by atoms with Crippen LogP contribution in [-0.4, -0.2) is 9.78 Å². The van der Waals surface area contributed by atoms with Gasteiger partial charge in [-0.15, -0.1) is 4.68 Å². The van der Waals surface area contributed by atoms with E-state index in [2.05, 4.69) is 51.0 Å². The predicted octanol–water partition coefficient (Wildman–Crippen LogP) is 5.23. The van der Waals surface area contributed by atoms with Crippen molar-refractivity contribution in [3.63, 3.8) is 0 Å². The van der Waals surface area contributed by atoms with Gasteiger partial charge < -0.3 is 0 Å². The van der Waals surface area contributed by atoms with Crippen LogP contribution in [0.1, 0.15) is 66.2 Å². The van der Waals surface area contributed by atoms with Crippen molar-refractivity contribution in [3.8, 4) is 17.1 Å². The van der Waals surface area contributed by atoms with Gasteiger partial charge in [0.15, 0.2) is 0 Å². The minimum atomic E-state index is -2.34. The molecule has 0 spiro atoms. The molecule has 0 unspecified atom stereocenters. The second-order valence-corrected chi connectivity index (χ2v) is 7.52. The molecular formula is C23H30N3+. The molecule has 1 heterocycles. The van der Waals surface area contributed by atoms with Crippen LogP contribution in [0.4, 0.5) is 0 Å². The van der Waals surface area contributed by atoms with Crippen LogP contribution in [0.15, 0.2) is 42.5 Å². The first-order valence-corrected chi connectivity index (χ1v) is 9.22. The lowest BCUT2D eigenvalue weighted by atomic mass is 9.92. The van der Waals surface area contributed by atoms with Crippen LogP contribution in [0.3, 0.4) is 0 Å². The number of hydrogen-bond acceptors (Lipinski definition) is 1. The molecule has 2 aromatic carbocycles. The van der Waals surface area contributed by atoms with E-state index in [1.165, 1.54) is 0 Å². The molecule has 3 rings (SSSR count). The average Bonchev–Trinajstić information content (AvgIpc) is 2.98. The fourth-order valence-corrected chi connectivity index (χ4v) is 3.58. The number of hydrogen-bond donors (Lipinski definition) is 0. The summed E-state index contributed by atoms with van der Waals surface area (Å²) in [6, 6.07) is 14.3. The fraction of sp³-hybridized carbons (Fsp3) is 0.391. The summed E-state index contributed by atoms with van der Waals surface area (Å²) >= 11 is 0. The largest absolute Gasteiger partial charge is 0.279 e. The monoisotopic (exact) mass is 351 g/mol. The van der Waals surface area contributed by atoms with E-state index >= 15 is 0 Å². The van der Waals surface area contributed by atoms with Crippen LogP contribution in [-0.2, 0) is 7.05 Å². The molecule has 0 aliphatic rings. The van der Waals surface area contributed by atoms with Gasteiger partial charge in [0, 0.05) is 16.1 Å². The number of para-hydroxylation sites is 1. The topological polar surface area (TPSA) is 21.7 Å². The maximum Gasteiger partial charge on any atom is 0.279 e. The van der Waals surface area contributed by atoms with E-state index in [0.29, 0.717) is 0 Å². The van der Waals surface area contributed by atoms with Crippen molar-refractivity contribution >= 4 is 0 Å². The molecule has 1 aromatic heterocycles. The standard InChI is InChI=1S/C23H30N3/c1-15(2)19-13-10-14-20(16(3)4)22(19)26-18(6)24-25(7)23(26)21-12-9-8-11-17(21)5/h8-16H,1-7H3/q+1/i6D3. The zero-order chi connectivity index (χ0) is 21.5. The molecule has 0 N–H and O–H groups in total. The highest BCUT2D eigenvalue weighted by atomic mass is 15.4. The van der Waals surface area contributed by atoms with E-state index in [0.717, 1.165) is 33.8 Å². The van der Waals surface area contributed by atoms with Crippen LogP contribution in [0.2, 0.25) is 0 Å². The van der Waals surface area contributed by atoms with E-state index in [1.807, 2.05) is 42.8 Å². The zero-order valence-electron chi connectivity index (χ0n) is 19.5. The van der Waals surface area contributed by atoms with Crippen molar-refractivity contribution in [1.29, 1.82) is 0 Å². The Kier molecular flexibility index (Phi) is 4.00. The Balaban J connectivity index is 2.53. The normalized spacial score (nSPS) is 13.8. The molecule has 0 aliphatic carbocycles. The van der Waals surface area contributed by atoms with Gasteiger partial charge in [0.25, 0.3) is 11.6 Å². The van der Waals surface area contributed by atoms with Gasteiger partial charge in [-0.2, -0.15) is 4.57 Å². The lowest BCUT2D eigenvalue weighted by Crippen LogP contribution is -2.38. The van der Waals surface area contributed by atoms with Crippen molar-refractivity contribution in [1.82, 2.24) is 9.78 Å². The Morgan fingerprint density at radius 1 is 0.962 bits per heavy atom. The molecule has 136 valence electrons. The second-order valence-electron chi connectivity index (χ2n) is 7.52. The summed E-state index contributed by atoms with van der Waals surface area (Å²) < 4.78 is 28.1. The Morgan fingerprint density at radius 2 is 1.58 bits per heavy atom. The highest BCUT2D eigenvalue weighted by Gasteiger charge is 2.29. The van der Waals surface area contributed by atoms with Gasteiger partial charge in [0.2, 0.25) is 0 Å². The van der Waals surface area contributed by atoms with Gasteiger partial charge in [-0.1, -0.05) is 64.1 Å². The third-order valence-corrected chi connectivity index (χ3v) is 4.93. The van der Waals surface area contributed by atoms with Crippen LogP contribution in [0.5, 0.6) is 0 Å².